The van der Waals surface area contributed by atoms with E-state index in [1.807, 2.05) is 30.3 Å². The van der Waals surface area contributed by atoms with Crippen molar-refractivity contribution in [2.45, 2.75) is 13.0 Å². The summed E-state index contributed by atoms with van der Waals surface area (Å²) in [4.78, 5) is 14.2. The Kier molecular flexibility index (Phi) is 4.95. The number of alkyl carbamates (subject to hydrolysis) is 1. The first-order chi connectivity index (χ1) is 10.8. The summed E-state index contributed by atoms with van der Waals surface area (Å²) < 4.78 is 6.46. The minimum Gasteiger partial charge on any atom is -0.445 e. The van der Waals surface area contributed by atoms with E-state index in [0.717, 1.165) is 12.0 Å². The fourth-order valence-electron chi connectivity index (χ4n) is 3.45. The molecule has 22 heavy (non-hydrogen) atoms. The van der Waals surface area contributed by atoms with E-state index in [9.17, 15) is 4.79 Å². The van der Waals surface area contributed by atoms with Gasteiger partial charge in [-0.3, -0.25) is 4.90 Å². The summed E-state index contributed by atoms with van der Waals surface area (Å²) in [5, 5.41) is 2.87. The summed E-state index contributed by atoms with van der Waals surface area (Å²) in [7, 11) is 0. The van der Waals surface area contributed by atoms with Gasteiger partial charge in [-0.05, 0) is 5.56 Å². The summed E-state index contributed by atoms with van der Waals surface area (Å²) in [5.74, 6) is 0. The van der Waals surface area contributed by atoms with Gasteiger partial charge in [-0.15, -0.1) is 0 Å². The number of hydrogen-bond acceptors (Lipinski definition) is 3. The fraction of sp³-hybridized carbons (Fsp3) is 0.588. The van der Waals surface area contributed by atoms with Gasteiger partial charge in [0, 0.05) is 32.6 Å². The first-order valence-corrected chi connectivity index (χ1v) is 8.28. The van der Waals surface area contributed by atoms with Crippen molar-refractivity contribution in [2.24, 2.45) is 0 Å². The summed E-state index contributed by atoms with van der Waals surface area (Å²) >= 11 is 0. The van der Waals surface area contributed by atoms with Crippen molar-refractivity contribution in [2.75, 3.05) is 52.4 Å². The number of quaternary nitrogens is 1. The van der Waals surface area contributed by atoms with Gasteiger partial charge in [-0.1, -0.05) is 30.3 Å². The molecular weight excluding hydrogens is 278 g/mol. The van der Waals surface area contributed by atoms with Gasteiger partial charge in [0.1, 0.15) is 6.61 Å². The Hall–Kier alpha value is -1.59. The summed E-state index contributed by atoms with van der Waals surface area (Å²) in [6.45, 7) is 9.77. The molecule has 3 aliphatic heterocycles. The van der Waals surface area contributed by atoms with Crippen LogP contribution in [0.15, 0.2) is 30.3 Å². The number of hydrogen-bond donors (Lipinski definition) is 1. The van der Waals surface area contributed by atoms with E-state index in [1.54, 1.807) is 0 Å². The number of nitrogens with zero attached hydrogens (tertiary/aromatic N) is 2. The van der Waals surface area contributed by atoms with Gasteiger partial charge in [-0.25, -0.2) is 4.79 Å². The van der Waals surface area contributed by atoms with Crippen LogP contribution in [0, 0.1) is 0 Å². The normalized spacial score (nSPS) is 26.6. The Morgan fingerprint density at radius 2 is 1.82 bits per heavy atom. The number of amides is 1. The second-order valence-corrected chi connectivity index (χ2v) is 6.42. The van der Waals surface area contributed by atoms with Gasteiger partial charge >= 0.3 is 6.09 Å². The topological polar surface area (TPSA) is 41.6 Å². The average Bonchev–Trinajstić information content (AvgIpc) is 2.59. The second kappa shape index (κ2) is 7.11. The Labute approximate surface area is 132 Å². The van der Waals surface area contributed by atoms with Crippen molar-refractivity contribution in [3.63, 3.8) is 0 Å². The predicted octanol–water partition coefficient (Wildman–Crippen LogP) is 1.45. The van der Waals surface area contributed by atoms with E-state index in [-0.39, 0.29) is 6.09 Å². The highest BCUT2D eigenvalue weighted by Gasteiger charge is 2.37. The van der Waals surface area contributed by atoms with Crippen LogP contribution in [0.25, 0.3) is 0 Å². The van der Waals surface area contributed by atoms with E-state index >= 15 is 0 Å². The van der Waals surface area contributed by atoms with Crippen molar-refractivity contribution in [1.29, 1.82) is 0 Å². The van der Waals surface area contributed by atoms with Crippen molar-refractivity contribution in [1.82, 2.24) is 10.2 Å². The van der Waals surface area contributed by atoms with Crippen molar-refractivity contribution < 1.29 is 14.0 Å². The van der Waals surface area contributed by atoms with E-state index in [2.05, 4.69) is 10.2 Å². The Morgan fingerprint density at radius 3 is 2.50 bits per heavy atom. The average molecular weight is 304 g/mol. The third kappa shape index (κ3) is 3.99. The molecule has 0 saturated carbocycles. The monoisotopic (exact) mass is 304 g/mol. The third-order valence-electron chi connectivity index (χ3n) is 4.96. The zero-order valence-corrected chi connectivity index (χ0v) is 13.2. The standard InChI is InChI=1S/C17H25N3O2/c21-17(22-15-16-5-2-1-3-6-16)18-7-4-11-20-12-8-19(9-13-20)10-14-20/h1-3,5-6H,4,7-15H2/p+1. The van der Waals surface area contributed by atoms with Crippen LogP contribution in [0.1, 0.15) is 12.0 Å². The molecule has 3 fully saturated rings. The largest absolute Gasteiger partial charge is 0.445 e. The minimum atomic E-state index is -0.313. The van der Waals surface area contributed by atoms with E-state index in [0.29, 0.717) is 13.2 Å². The number of carbonyl (C=O) groups excluding carboxylic acids is 1. The van der Waals surface area contributed by atoms with Gasteiger partial charge in [0.15, 0.2) is 0 Å². The number of rotatable bonds is 6. The van der Waals surface area contributed by atoms with Gasteiger partial charge in [0.2, 0.25) is 0 Å². The first kappa shape index (κ1) is 15.3. The van der Waals surface area contributed by atoms with Crippen molar-refractivity contribution >= 4 is 6.09 Å². The van der Waals surface area contributed by atoms with Crippen molar-refractivity contribution in [3.8, 4) is 0 Å². The molecule has 1 aromatic rings. The van der Waals surface area contributed by atoms with Gasteiger partial charge in [-0.2, -0.15) is 0 Å². The molecule has 5 nitrogen and oxygen atoms in total. The molecule has 3 heterocycles. The number of nitrogens with one attached hydrogen (secondary N) is 1. The molecule has 5 heteroatoms. The van der Waals surface area contributed by atoms with E-state index in [1.165, 1.54) is 50.3 Å². The molecule has 3 aliphatic rings. The van der Waals surface area contributed by atoms with Crippen LogP contribution >= 0.6 is 0 Å². The third-order valence-corrected chi connectivity index (χ3v) is 4.96. The van der Waals surface area contributed by atoms with Crippen LogP contribution in [0.3, 0.4) is 0 Å². The molecule has 1 aromatic carbocycles. The van der Waals surface area contributed by atoms with Gasteiger partial charge in [0.25, 0.3) is 0 Å². The molecule has 0 aromatic heterocycles. The number of carbonyl (C=O) groups is 1. The van der Waals surface area contributed by atoms with Crippen LogP contribution < -0.4 is 5.32 Å². The first-order valence-electron chi connectivity index (χ1n) is 8.28. The van der Waals surface area contributed by atoms with Gasteiger partial charge in [0.05, 0.1) is 26.2 Å². The Balaban J connectivity index is 1.30. The summed E-state index contributed by atoms with van der Waals surface area (Å²) in [5.41, 5.74) is 1.02. The van der Waals surface area contributed by atoms with Crippen LogP contribution in [0.5, 0.6) is 0 Å². The molecule has 0 spiro atoms. The predicted molar refractivity (Wildman–Crippen MR) is 85.4 cm³/mol. The number of fused-ring (bicyclic) bond motifs is 3. The molecular formula is C17H26N3O2+. The number of ether oxygens (including phenoxy) is 1. The molecule has 0 radical (unpaired) electrons. The maximum Gasteiger partial charge on any atom is 0.407 e. The maximum absolute atomic E-state index is 11.7. The highest BCUT2D eigenvalue weighted by Crippen LogP contribution is 2.19. The SMILES string of the molecule is O=C(NCCC[N+]12CCN(CC1)CC2)OCc1ccccc1. The molecule has 0 unspecified atom stereocenters. The van der Waals surface area contributed by atoms with Crippen LogP contribution in [0.2, 0.25) is 0 Å². The lowest BCUT2D eigenvalue weighted by Crippen LogP contribution is -2.67. The molecule has 0 atom stereocenters. The molecule has 2 bridgehead atoms. The smallest absolute Gasteiger partial charge is 0.407 e. The molecule has 120 valence electrons. The molecule has 3 saturated heterocycles. The zero-order valence-electron chi connectivity index (χ0n) is 13.2. The van der Waals surface area contributed by atoms with Crippen molar-refractivity contribution in [3.05, 3.63) is 35.9 Å². The van der Waals surface area contributed by atoms with E-state index in [4.69, 9.17) is 4.74 Å². The zero-order chi connectivity index (χ0) is 15.3. The molecule has 1 amide bonds. The highest BCUT2D eigenvalue weighted by molar-refractivity contribution is 5.67. The Bertz CT molecular complexity index is 470. The van der Waals surface area contributed by atoms with Gasteiger partial charge < -0.3 is 14.5 Å². The minimum absolute atomic E-state index is 0.313. The van der Waals surface area contributed by atoms with Crippen LogP contribution in [0.4, 0.5) is 4.79 Å². The lowest BCUT2D eigenvalue weighted by atomic mass is 10.1. The number of benzene rings is 1. The molecule has 4 rings (SSSR count). The van der Waals surface area contributed by atoms with Crippen LogP contribution in [-0.4, -0.2) is 67.8 Å². The Morgan fingerprint density at radius 1 is 1.14 bits per heavy atom. The summed E-state index contributed by atoms with van der Waals surface area (Å²) in [6, 6.07) is 9.77. The summed E-state index contributed by atoms with van der Waals surface area (Å²) in [6.07, 6.45) is 0.716. The second-order valence-electron chi connectivity index (χ2n) is 6.42. The lowest BCUT2D eigenvalue weighted by Gasteiger charge is -2.50. The highest BCUT2D eigenvalue weighted by atomic mass is 16.5. The number of piperazine rings is 3. The lowest BCUT2D eigenvalue weighted by molar-refractivity contribution is -0.941. The fourth-order valence-corrected chi connectivity index (χ4v) is 3.45. The molecule has 1 N–H and O–H groups in total. The van der Waals surface area contributed by atoms with Crippen LogP contribution in [-0.2, 0) is 11.3 Å². The quantitative estimate of drug-likeness (QED) is 0.639. The van der Waals surface area contributed by atoms with E-state index < -0.39 is 0 Å². The maximum atomic E-state index is 11.7. The molecule has 0 aliphatic carbocycles.